The van der Waals surface area contributed by atoms with E-state index in [2.05, 4.69) is 14.4 Å². The van der Waals surface area contributed by atoms with Gasteiger partial charge in [0.05, 0.1) is 12.3 Å². The van der Waals surface area contributed by atoms with Crippen molar-refractivity contribution in [1.82, 2.24) is 15.0 Å². The van der Waals surface area contributed by atoms with Gasteiger partial charge in [0.1, 0.15) is 0 Å². The van der Waals surface area contributed by atoms with Crippen LogP contribution in [0.1, 0.15) is 37.3 Å². The van der Waals surface area contributed by atoms with E-state index in [4.69, 9.17) is 16.7 Å². The molecule has 30 heavy (non-hydrogen) atoms. The van der Waals surface area contributed by atoms with Gasteiger partial charge in [-0.3, -0.25) is 0 Å². The maximum absolute atomic E-state index is 12.4. The Labute approximate surface area is 183 Å². The van der Waals surface area contributed by atoms with E-state index in [9.17, 15) is 8.42 Å². The summed E-state index contributed by atoms with van der Waals surface area (Å²) in [4.78, 5) is 0. The second-order valence-corrected chi connectivity index (χ2v) is 8.91. The van der Waals surface area contributed by atoms with Gasteiger partial charge in [-0.15, -0.1) is 4.40 Å². The summed E-state index contributed by atoms with van der Waals surface area (Å²) in [6.07, 6.45) is 0.669. The minimum atomic E-state index is -3.86. The fourth-order valence-corrected chi connectivity index (χ4v) is 4.43. The van der Waals surface area contributed by atoms with Gasteiger partial charge >= 0.3 is 10.2 Å². The Morgan fingerprint density at radius 3 is 2.50 bits per heavy atom. The lowest BCUT2D eigenvalue weighted by Gasteiger charge is -2.18. The number of hydrogen-bond donors (Lipinski definition) is 2. The van der Waals surface area contributed by atoms with E-state index < -0.39 is 10.2 Å². The quantitative estimate of drug-likeness (QED) is 0.525. The van der Waals surface area contributed by atoms with Crippen LogP contribution in [0.2, 0.25) is 5.02 Å². The molecular weight excluding hydrogens is 422 g/mol. The maximum Gasteiger partial charge on any atom is 0.323 e. The molecule has 0 amide bonds. The number of hydrazone groups is 1. The van der Waals surface area contributed by atoms with Gasteiger partial charge in [-0.1, -0.05) is 61.0 Å². The van der Waals surface area contributed by atoms with Crippen molar-refractivity contribution >= 4 is 33.5 Å². The van der Waals surface area contributed by atoms with E-state index in [0.29, 0.717) is 18.0 Å². The Morgan fingerprint density at radius 2 is 1.90 bits per heavy atom. The van der Waals surface area contributed by atoms with Crippen LogP contribution < -0.4 is 10.0 Å². The molecule has 7 nitrogen and oxygen atoms in total. The van der Waals surface area contributed by atoms with Gasteiger partial charge in [-0.2, -0.15) is 18.2 Å². The fraction of sp³-hybridized carbons (Fsp3) is 0.333. The van der Waals surface area contributed by atoms with Crippen LogP contribution in [0.25, 0.3) is 0 Å². The third-order valence-corrected chi connectivity index (χ3v) is 6.26. The van der Waals surface area contributed by atoms with Crippen LogP contribution in [0.3, 0.4) is 0 Å². The molecule has 2 N–H and O–H groups in total. The first-order chi connectivity index (χ1) is 14.3. The Morgan fingerprint density at radius 1 is 1.23 bits per heavy atom. The van der Waals surface area contributed by atoms with Crippen molar-refractivity contribution in [2.45, 2.75) is 32.2 Å². The molecule has 2 atom stereocenters. The topological polar surface area (TPSA) is 86.2 Å². The number of nitrogens with one attached hydrogen (secondary N) is 2. The van der Waals surface area contributed by atoms with Gasteiger partial charge in [0.2, 0.25) is 5.96 Å². The van der Waals surface area contributed by atoms with Crippen LogP contribution in [0.15, 0.2) is 64.1 Å². The molecule has 0 spiro atoms. The Bertz CT molecular complexity index is 1020. The smallest absolute Gasteiger partial charge is 0.323 e. The molecule has 2 unspecified atom stereocenters. The van der Waals surface area contributed by atoms with Crippen molar-refractivity contribution in [3.05, 3.63) is 70.7 Å². The largest absolute Gasteiger partial charge is 0.357 e. The average Bonchev–Trinajstić information content (AvgIpc) is 3.18. The summed E-state index contributed by atoms with van der Waals surface area (Å²) in [7, 11) is -2.23. The minimum absolute atomic E-state index is 0.0452. The van der Waals surface area contributed by atoms with Gasteiger partial charge in [0, 0.05) is 24.0 Å². The highest BCUT2D eigenvalue weighted by atomic mass is 35.5. The predicted molar refractivity (Wildman–Crippen MR) is 122 cm³/mol. The van der Waals surface area contributed by atoms with E-state index in [1.54, 1.807) is 19.0 Å². The van der Waals surface area contributed by atoms with E-state index in [1.165, 1.54) is 0 Å². The second-order valence-electron chi connectivity index (χ2n) is 7.10. The lowest BCUT2D eigenvalue weighted by atomic mass is 9.91. The van der Waals surface area contributed by atoms with E-state index in [-0.39, 0.29) is 17.9 Å². The van der Waals surface area contributed by atoms with Crippen molar-refractivity contribution < 1.29 is 8.42 Å². The molecule has 0 saturated carbocycles. The van der Waals surface area contributed by atoms with Crippen molar-refractivity contribution in [1.29, 1.82) is 0 Å². The predicted octanol–water partition coefficient (Wildman–Crippen LogP) is 3.35. The van der Waals surface area contributed by atoms with Crippen LogP contribution in [0.4, 0.5) is 0 Å². The van der Waals surface area contributed by atoms with Crippen LogP contribution in [0.5, 0.6) is 0 Å². The van der Waals surface area contributed by atoms with Crippen LogP contribution in [-0.4, -0.2) is 44.7 Å². The van der Waals surface area contributed by atoms with Gasteiger partial charge in [-0.25, -0.2) is 5.01 Å². The molecule has 2 aromatic carbocycles. The molecule has 0 bridgehead atoms. The number of halogens is 1. The van der Waals surface area contributed by atoms with Gasteiger partial charge < -0.3 is 5.32 Å². The second kappa shape index (κ2) is 9.59. The van der Waals surface area contributed by atoms with E-state index in [1.807, 2.05) is 61.5 Å². The number of rotatable bonds is 6. The normalized spacial score (nSPS) is 18.3. The Hall–Kier alpha value is -2.42. The minimum Gasteiger partial charge on any atom is -0.357 e. The SMILES string of the molecule is CCC(C)NS(=O)(=O)N=C(NC)N1CC(c2ccccc2)C(c2ccc(Cl)cc2)=N1. The Kier molecular flexibility index (Phi) is 7.12. The van der Waals surface area contributed by atoms with Gasteiger partial charge in [0.25, 0.3) is 0 Å². The number of guanidine groups is 1. The molecule has 2 aromatic rings. The molecule has 0 radical (unpaired) electrons. The van der Waals surface area contributed by atoms with Crippen LogP contribution in [-0.2, 0) is 10.2 Å². The zero-order valence-corrected chi connectivity index (χ0v) is 18.8. The number of nitrogens with zero attached hydrogens (tertiary/aromatic N) is 3. The third kappa shape index (κ3) is 5.38. The summed E-state index contributed by atoms with van der Waals surface area (Å²) in [6.45, 7) is 4.16. The van der Waals surface area contributed by atoms with E-state index >= 15 is 0 Å². The summed E-state index contributed by atoms with van der Waals surface area (Å²) < 4.78 is 31.3. The summed E-state index contributed by atoms with van der Waals surface area (Å²) in [5.41, 5.74) is 2.84. The zero-order valence-electron chi connectivity index (χ0n) is 17.2. The molecule has 0 fully saturated rings. The standard InChI is InChI=1S/C21H26ClN5O2S/c1-4-15(2)25-30(28,29)26-21(23-3)27-14-19(16-8-6-5-7-9-16)20(24-27)17-10-12-18(22)13-11-17/h5-13,15,19,25H,4,14H2,1-3H3,(H,23,26). The first-order valence-electron chi connectivity index (χ1n) is 9.80. The molecule has 0 aromatic heterocycles. The first-order valence-corrected chi connectivity index (χ1v) is 11.6. The highest BCUT2D eigenvalue weighted by molar-refractivity contribution is 7.88. The average molecular weight is 448 g/mol. The molecule has 0 saturated heterocycles. The summed E-state index contributed by atoms with van der Waals surface area (Å²) >= 11 is 6.05. The number of hydrogen-bond acceptors (Lipinski definition) is 3. The highest BCUT2D eigenvalue weighted by Crippen LogP contribution is 2.29. The molecule has 1 aliphatic rings. The van der Waals surface area contributed by atoms with E-state index in [0.717, 1.165) is 16.8 Å². The monoisotopic (exact) mass is 447 g/mol. The molecule has 160 valence electrons. The van der Waals surface area contributed by atoms with Crippen molar-refractivity contribution in [3.8, 4) is 0 Å². The van der Waals surface area contributed by atoms with Crippen molar-refractivity contribution in [2.75, 3.05) is 13.6 Å². The Balaban J connectivity index is 1.98. The molecule has 1 aliphatic heterocycles. The summed E-state index contributed by atoms with van der Waals surface area (Å²) in [6, 6.07) is 17.2. The molecule has 1 heterocycles. The van der Waals surface area contributed by atoms with Gasteiger partial charge in [0.15, 0.2) is 0 Å². The van der Waals surface area contributed by atoms with Crippen LogP contribution in [0, 0.1) is 0 Å². The fourth-order valence-electron chi connectivity index (χ4n) is 3.16. The maximum atomic E-state index is 12.4. The van der Waals surface area contributed by atoms with Gasteiger partial charge in [-0.05, 0) is 36.6 Å². The number of benzene rings is 2. The van der Waals surface area contributed by atoms with Crippen molar-refractivity contribution in [3.63, 3.8) is 0 Å². The lowest BCUT2D eigenvalue weighted by Crippen LogP contribution is -2.39. The molecule has 3 rings (SSSR count). The molecule has 9 heteroatoms. The highest BCUT2D eigenvalue weighted by Gasteiger charge is 2.32. The lowest BCUT2D eigenvalue weighted by molar-refractivity contribution is 0.460. The summed E-state index contributed by atoms with van der Waals surface area (Å²) in [5, 5.41) is 9.83. The zero-order chi connectivity index (χ0) is 21.7. The molecule has 0 aliphatic carbocycles. The van der Waals surface area contributed by atoms with Crippen molar-refractivity contribution in [2.24, 2.45) is 9.50 Å². The third-order valence-electron chi connectivity index (χ3n) is 4.89. The molecular formula is C21H26ClN5O2S. The van der Waals surface area contributed by atoms with Crippen LogP contribution >= 0.6 is 11.6 Å². The first kappa shape index (κ1) is 22.3. The summed E-state index contributed by atoms with van der Waals surface area (Å²) in [5.74, 6) is 0.117.